The van der Waals surface area contributed by atoms with Gasteiger partial charge < -0.3 is 10.4 Å². The second kappa shape index (κ2) is 6.29. The number of carbonyl (C=O) groups is 2. The van der Waals surface area contributed by atoms with Crippen LogP contribution in [-0.2, 0) is 22.4 Å². The fourth-order valence-corrected chi connectivity index (χ4v) is 2.18. The molecule has 0 radical (unpaired) electrons. The van der Waals surface area contributed by atoms with Crippen molar-refractivity contribution >= 4 is 23.6 Å². The molecule has 2 N–H and O–H groups in total. The number of aryl methyl sites for hydroxylation is 1. The Labute approximate surface area is 103 Å². The van der Waals surface area contributed by atoms with Crippen LogP contribution in [0.5, 0.6) is 0 Å². The van der Waals surface area contributed by atoms with Gasteiger partial charge in [0.15, 0.2) is 0 Å². The van der Waals surface area contributed by atoms with Crippen molar-refractivity contribution in [1.82, 2.24) is 15.1 Å². The molecule has 1 aromatic rings. The molecule has 1 rings (SSSR count). The van der Waals surface area contributed by atoms with E-state index in [4.69, 9.17) is 5.11 Å². The average Bonchev–Trinajstić information content (AvgIpc) is 2.62. The summed E-state index contributed by atoms with van der Waals surface area (Å²) in [5.41, 5.74) is 0.893. The van der Waals surface area contributed by atoms with E-state index in [0.29, 0.717) is 11.5 Å². The number of aliphatic carboxylic acids is 1. The van der Waals surface area contributed by atoms with E-state index in [1.807, 2.05) is 19.3 Å². The Kier molecular flexibility index (Phi) is 5.02. The molecule has 0 fully saturated rings. The fraction of sp³-hybridized carbons (Fsp3) is 0.500. The van der Waals surface area contributed by atoms with Gasteiger partial charge >= 0.3 is 5.97 Å². The maximum absolute atomic E-state index is 10.8. The topological polar surface area (TPSA) is 84.2 Å². The van der Waals surface area contributed by atoms with Gasteiger partial charge in [0.05, 0.1) is 5.69 Å². The summed E-state index contributed by atoms with van der Waals surface area (Å²) in [6.07, 6.45) is 1.83. The van der Waals surface area contributed by atoms with Gasteiger partial charge in [-0.15, -0.1) is 0 Å². The number of rotatable bonds is 6. The maximum atomic E-state index is 10.8. The number of hydrogen-bond acceptors (Lipinski definition) is 4. The quantitative estimate of drug-likeness (QED) is 0.762. The molecule has 0 saturated heterocycles. The monoisotopic (exact) mass is 257 g/mol. The number of carbonyl (C=O) groups excluding carboxylic acids is 1. The lowest BCUT2D eigenvalue weighted by molar-refractivity contribution is -0.140. The van der Waals surface area contributed by atoms with Crippen LogP contribution in [0.4, 0.5) is 0 Å². The Bertz CT molecular complexity index is 405. The van der Waals surface area contributed by atoms with E-state index in [1.165, 1.54) is 18.7 Å². The molecular weight excluding hydrogens is 242 g/mol. The van der Waals surface area contributed by atoms with Gasteiger partial charge in [-0.05, 0) is 6.07 Å². The van der Waals surface area contributed by atoms with Crippen LogP contribution in [-0.4, -0.2) is 38.6 Å². The Balaban J connectivity index is 2.37. The van der Waals surface area contributed by atoms with Crippen molar-refractivity contribution in [3.05, 3.63) is 18.0 Å². The Hall–Kier alpha value is -1.50. The first-order chi connectivity index (χ1) is 7.99. The SMILES string of the molecule is CC(=O)N[C@@H](CSCc1ccn(C)n1)C(=O)O. The molecule has 0 unspecified atom stereocenters. The van der Waals surface area contributed by atoms with E-state index < -0.39 is 12.0 Å². The highest BCUT2D eigenvalue weighted by molar-refractivity contribution is 7.98. The second-order valence-corrected chi connectivity index (χ2v) is 4.62. The molecule has 0 aromatic carbocycles. The lowest BCUT2D eigenvalue weighted by Crippen LogP contribution is -2.41. The van der Waals surface area contributed by atoms with Crippen molar-refractivity contribution in [3.8, 4) is 0 Å². The molecule has 0 bridgehead atoms. The normalized spacial score (nSPS) is 12.1. The van der Waals surface area contributed by atoms with Crippen LogP contribution in [0.2, 0.25) is 0 Å². The summed E-state index contributed by atoms with van der Waals surface area (Å²) in [6.45, 7) is 1.30. The number of aromatic nitrogens is 2. The number of amides is 1. The fourth-order valence-electron chi connectivity index (χ4n) is 1.24. The molecule has 1 aromatic heterocycles. The third-order valence-electron chi connectivity index (χ3n) is 1.98. The molecule has 0 aliphatic rings. The van der Waals surface area contributed by atoms with E-state index in [1.54, 1.807) is 4.68 Å². The summed E-state index contributed by atoms with van der Waals surface area (Å²) in [5.74, 6) is -0.403. The summed E-state index contributed by atoms with van der Waals surface area (Å²) in [7, 11) is 1.82. The van der Waals surface area contributed by atoms with Gasteiger partial charge in [0.25, 0.3) is 0 Å². The van der Waals surface area contributed by atoms with E-state index >= 15 is 0 Å². The van der Waals surface area contributed by atoms with Gasteiger partial charge in [0.2, 0.25) is 5.91 Å². The van der Waals surface area contributed by atoms with Gasteiger partial charge in [0.1, 0.15) is 6.04 Å². The number of nitrogens with zero attached hydrogens (tertiary/aromatic N) is 2. The first-order valence-electron chi connectivity index (χ1n) is 5.05. The molecule has 6 nitrogen and oxygen atoms in total. The van der Waals surface area contributed by atoms with Crippen LogP contribution >= 0.6 is 11.8 Å². The summed E-state index contributed by atoms with van der Waals surface area (Å²) in [6, 6.07) is 1.03. The molecule has 94 valence electrons. The van der Waals surface area contributed by atoms with Crippen molar-refractivity contribution in [2.24, 2.45) is 7.05 Å². The second-order valence-electron chi connectivity index (χ2n) is 3.59. The van der Waals surface area contributed by atoms with E-state index in [9.17, 15) is 9.59 Å². The molecule has 0 aliphatic heterocycles. The first kappa shape index (κ1) is 13.6. The largest absolute Gasteiger partial charge is 0.480 e. The predicted molar refractivity (Wildman–Crippen MR) is 64.6 cm³/mol. The Morgan fingerprint density at radius 1 is 1.65 bits per heavy atom. The molecule has 1 atom stereocenters. The van der Waals surface area contributed by atoms with Crippen LogP contribution in [0.15, 0.2) is 12.3 Å². The molecule has 7 heteroatoms. The molecule has 1 heterocycles. The van der Waals surface area contributed by atoms with E-state index in [-0.39, 0.29) is 5.91 Å². The zero-order valence-corrected chi connectivity index (χ0v) is 10.5. The van der Waals surface area contributed by atoms with Crippen molar-refractivity contribution in [2.45, 2.75) is 18.7 Å². The van der Waals surface area contributed by atoms with E-state index in [0.717, 1.165) is 5.69 Å². The molecule has 0 spiro atoms. The average molecular weight is 257 g/mol. The van der Waals surface area contributed by atoms with Crippen LogP contribution in [0.1, 0.15) is 12.6 Å². The number of carboxylic acid groups (broad SMARTS) is 1. The molecule has 1 amide bonds. The van der Waals surface area contributed by atoms with Crippen molar-refractivity contribution in [3.63, 3.8) is 0 Å². The minimum Gasteiger partial charge on any atom is -0.480 e. The number of carboxylic acids is 1. The number of nitrogens with one attached hydrogen (secondary N) is 1. The molecule has 0 aliphatic carbocycles. The summed E-state index contributed by atoms with van der Waals surface area (Å²) < 4.78 is 1.69. The number of thioether (sulfide) groups is 1. The molecule has 17 heavy (non-hydrogen) atoms. The Morgan fingerprint density at radius 2 is 2.35 bits per heavy atom. The molecular formula is C10H15N3O3S. The van der Waals surface area contributed by atoms with Crippen LogP contribution < -0.4 is 5.32 Å². The third kappa shape index (κ3) is 4.90. The first-order valence-corrected chi connectivity index (χ1v) is 6.20. The van der Waals surface area contributed by atoms with Gasteiger partial charge in [-0.2, -0.15) is 16.9 Å². The highest BCUT2D eigenvalue weighted by atomic mass is 32.2. The smallest absolute Gasteiger partial charge is 0.327 e. The lowest BCUT2D eigenvalue weighted by atomic mass is 10.3. The van der Waals surface area contributed by atoms with Crippen molar-refractivity contribution in [2.75, 3.05) is 5.75 Å². The van der Waals surface area contributed by atoms with Crippen LogP contribution in [0, 0.1) is 0 Å². The van der Waals surface area contributed by atoms with Crippen molar-refractivity contribution in [1.29, 1.82) is 0 Å². The third-order valence-corrected chi connectivity index (χ3v) is 3.05. The standard InChI is InChI=1S/C10H15N3O3S/c1-7(14)11-9(10(15)16)6-17-5-8-3-4-13(2)12-8/h3-4,9H,5-6H2,1-2H3,(H,11,14)(H,15,16)/t9-/m0/s1. The number of hydrogen-bond donors (Lipinski definition) is 2. The van der Waals surface area contributed by atoms with Gasteiger partial charge in [-0.25, -0.2) is 4.79 Å². The lowest BCUT2D eigenvalue weighted by Gasteiger charge is -2.11. The maximum Gasteiger partial charge on any atom is 0.327 e. The van der Waals surface area contributed by atoms with Crippen molar-refractivity contribution < 1.29 is 14.7 Å². The van der Waals surface area contributed by atoms with E-state index in [2.05, 4.69) is 10.4 Å². The molecule has 0 saturated carbocycles. The Morgan fingerprint density at radius 3 is 2.82 bits per heavy atom. The van der Waals surface area contributed by atoms with Crippen LogP contribution in [0.3, 0.4) is 0 Å². The minimum atomic E-state index is -1.02. The zero-order chi connectivity index (χ0) is 12.8. The zero-order valence-electron chi connectivity index (χ0n) is 9.71. The van der Waals surface area contributed by atoms with Gasteiger partial charge in [-0.1, -0.05) is 0 Å². The summed E-state index contributed by atoms with van der Waals surface area (Å²) >= 11 is 1.43. The summed E-state index contributed by atoms with van der Waals surface area (Å²) in [4.78, 5) is 21.6. The van der Waals surface area contributed by atoms with Crippen LogP contribution in [0.25, 0.3) is 0 Å². The predicted octanol–water partition coefficient (Wildman–Crippen LogP) is 0.243. The summed E-state index contributed by atoms with van der Waals surface area (Å²) in [5, 5.41) is 15.4. The van der Waals surface area contributed by atoms with Gasteiger partial charge in [-0.3, -0.25) is 9.48 Å². The highest BCUT2D eigenvalue weighted by Gasteiger charge is 2.18. The van der Waals surface area contributed by atoms with Gasteiger partial charge in [0, 0.05) is 31.7 Å². The minimum absolute atomic E-state index is 0.325. The highest BCUT2D eigenvalue weighted by Crippen LogP contribution is 2.11.